The van der Waals surface area contributed by atoms with E-state index in [2.05, 4.69) is 15.6 Å². The zero-order valence-corrected chi connectivity index (χ0v) is 21.1. The number of urea groups is 1. The highest BCUT2D eigenvalue weighted by molar-refractivity contribution is 5.89. The average molecular weight is 537 g/mol. The van der Waals surface area contributed by atoms with E-state index < -0.39 is 48.5 Å². The highest BCUT2D eigenvalue weighted by Gasteiger charge is 2.54. The van der Waals surface area contributed by atoms with Gasteiger partial charge in [-0.2, -0.15) is 4.98 Å². The van der Waals surface area contributed by atoms with Crippen molar-refractivity contribution in [3.8, 4) is 0 Å². The monoisotopic (exact) mass is 536 g/mol. The molecule has 2 saturated heterocycles. The second-order valence-corrected chi connectivity index (χ2v) is 8.97. The number of fused-ring (bicyclic) bond motifs is 1. The molecule has 0 saturated carbocycles. The number of carboxylic acids is 1. The molecule has 2 aliphatic rings. The second kappa shape index (κ2) is 11.7. The molecule has 0 radical (unpaired) electrons. The Morgan fingerprint density at radius 2 is 1.77 bits per heavy atom. The van der Waals surface area contributed by atoms with E-state index in [1.54, 1.807) is 25.1 Å². The lowest BCUT2D eigenvalue weighted by Crippen LogP contribution is -2.35. The Labute approximate surface area is 223 Å². The van der Waals surface area contributed by atoms with E-state index >= 15 is 0 Å². The Hall–Kier alpha value is -4.10. The molecule has 3 N–H and O–H groups in total. The zero-order valence-electron chi connectivity index (χ0n) is 21.1. The third-order valence-electron chi connectivity index (χ3n) is 6.39. The maximum absolute atomic E-state index is 12.9. The van der Waals surface area contributed by atoms with Gasteiger partial charge in [-0.05, 0) is 24.6 Å². The van der Waals surface area contributed by atoms with Gasteiger partial charge in [0.2, 0.25) is 0 Å². The molecule has 3 aromatic rings. The summed E-state index contributed by atoms with van der Waals surface area (Å²) in [5.74, 6) is -0.943. The van der Waals surface area contributed by atoms with E-state index in [9.17, 15) is 19.5 Å². The Morgan fingerprint density at radius 3 is 2.51 bits per heavy atom. The first-order valence-electron chi connectivity index (χ1n) is 12.5. The molecule has 2 aromatic carbocycles. The van der Waals surface area contributed by atoms with Crippen LogP contribution in [-0.4, -0.2) is 58.1 Å². The van der Waals surface area contributed by atoms with Crippen LogP contribution in [0.3, 0.4) is 0 Å². The predicted octanol–water partition coefficient (Wildman–Crippen LogP) is 2.68. The van der Waals surface area contributed by atoms with Crippen molar-refractivity contribution in [2.24, 2.45) is 0 Å². The van der Waals surface area contributed by atoms with Gasteiger partial charge in [-0.3, -0.25) is 9.88 Å². The Kier molecular flexibility index (Phi) is 7.98. The molecule has 0 bridgehead atoms. The summed E-state index contributed by atoms with van der Waals surface area (Å²) in [4.78, 5) is 40.2. The molecule has 39 heavy (non-hydrogen) atoms. The number of amides is 2. The van der Waals surface area contributed by atoms with Crippen LogP contribution in [0.15, 0.2) is 71.7 Å². The number of nitrogens with zero attached hydrogens (tertiary/aromatic N) is 2. The number of aromatic carboxylic acids is 1. The van der Waals surface area contributed by atoms with Crippen LogP contribution in [0.5, 0.6) is 0 Å². The average Bonchev–Trinajstić information content (AvgIpc) is 3.50. The quantitative estimate of drug-likeness (QED) is 0.375. The lowest BCUT2D eigenvalue weighted by Gasteiger charge is -2.22. The summed E-state index contributed by atoms with van der Waals surface area (Å²) in [6, 6.07) is 17.0. The van der Waals surface area contributed by atoms with Gasteiger partial charge >= 0.3 is 17.7 Å². The number of hydrogen-bond acceptors (Lipinski definition) is 8. The van der Waals surface area contributed by atoms with Crippen molar-refractivity contribution in [1.29, 1.82) is 0 Å². The number of carbonyl (C=O) groups is 2. The van der Waals surface area contributed by atoms with Gasteiger partial charge in [0, 0.05) is 18.3 Å². The van der Waals surface area contributed by atoms with E-state index in [1.807, 2.05) is 30.3 Å². The molecule has 0 aliphatic carbocycles. The predicted molar refractivity (Wildman–Crippen MR) is 137 cm³/mol. The van der Waals surface area contributed by atoms with E-state index in [0.717, 1.165) is 5.56 Å². The van der Waals surface area contributed by atoms with E-state index in [4.69, 9.17) is 18.9 Å². The smallest absolute Gasteiger partial charge is 0.351 e. The van der Waals surface area contributed by atoms with Crippen LogP contribution in [0, 0.1) is 0 Å². The first-order valence-corrected chi connectivity index (χ1v) is 12.5. The standard InChI is InChI=1S/C27H28N4O8/c1-2-28-26(34)29-20-12-13-31(27(35)30-20)23-22-21(38-25(39-22)16-8-4-3-5-9-16)19(37-23)15-36-14-17-10-6-7-11-18(17)24(32)33/h3-13,19,21-23,25H,2,14-15H2,1H3,(H,32,33)(H2,28,29,30,34,35)/t19-,21?,22?,23-,25+/m1/s1. The number of carboxylic acid groups (broad SMARTS) is 1. The minimum atomic E-state index is -1.04. The van der Waals surface area contributed by atoms with Crippen LogP contribution in [-0.2, 0) is 25.6 Å². The van der Waals surface area contributed by atoms with E-state index in [1.165, 1.54) is 22.9 Å². The van der Waals surface area contributed by atoms with E-state index in [0.29, 0.717) is 12.1 Å². The highest BCUT2D eigenvalue weighted by Crippen LogP contribution is 2.43. The number of hydrogen-bond donors (Lipinski definition) is 3. The minimum Gasteiger partial charge on any atom is -0.478 e. The van der Waals surface area contributed by atoms with Crippen molar-refractivity contribution < 1.29 is 33.6 Å². The van der Waals surface area contributed by atoms with Gasteiger partial charge in [-0.15, -0.1) is 0 Å². The van der Waals surface area contributed by atoms with Gasteiger partial charge in [0.05, 0.1) is 18.8 Å². The number of carbonyl (C=O) groups excluding carboxylic acids is 1. The Balaban J connectivity index is 1.34. The number of ether oxygens (including phenoxy) is 4. The summed E-state index contributed by atoms with van der Waals surface area (Å²) in [5.41, 5.74) is 0.853. The van der Waals surface area contributed by atoms with Crippen molar-refractivity contribution >= 4 is 17.8 Å². The summed E-state index contributed by atoms with van der Waals surface area (Å²) in [6.45, 7) is 2.31. The third kappa shape index (κ3) is 5.83. The molecule has 5 rings (SSSR count). The van der Waals surface area contributed by atoms with E-state index in [-0.39, 0.29) is 24.6 Å². The van der Waals surface area contributed by atoms with Crippen LogP contribution < -0.4 is 16.3 Å². The maximum atomic E-state index is 12.9. The fraction of sp³-hybridized carbons (Fsp3) is 0.333. The van der Waals surface area contributed by atoms with Crippen LogP contribution in [0.1, 0.15) is 40.9 Å². The summed E-state index contributed by atoms with van der Waals surface area (Å²) in [6.07, 6.45) is -1.92. The second-order valence-electron chi connectivity index (χ2n) is 8.97. The first-order chi connectivity index (χ1) is 18.9. The summed E-state index contributed by atoms with van der Waals surface area (Å²) >= 11 is 0. The SMILES string of the molecule is CCNC(=O)Nc1ccn([C@@H]2O[C@H](COCc3ccccc3C(=O)O)C3O[C@H](c4ccccc4)OC32)c(=O)n1. The van der Waals surface area contributed by atoms with Crippen molar-refractivity contribution in [2.75, 3.05) is 18.5 Å². The van der Waals surface area contributed by atoms with Crippen molar-refractivity contribution in [2.45, 2.75) is 44.4 Å². The molecular weight excluding hydrogens is 508 g/mol. The molecule has 12 heteroatoms. The number of aromatic nitrogens is 2. The van der Waals surface area contributed by atoms with Crippen LogP contribution >= 0.6 is 0 Å². The lowest BCUT2D eigenvalue weighted by atomic mass is 10.1. The van der Waals surface area contributed by atoms with Crippen molar-refractivity contribution in [3.63, 3.8) is 0 Å². The van der Waals surface area contributed by atoms with Crippen LogP contribution in [0.2, 0.25) is 0 Å². The fourth-order valence-corrected chi connectivity index (χ4v) is 4.60. The largest absolute Gasteiger partial charge is 0.478 e. The lowest BCUT2D eigenvalue weighted by molar-refractivity contribution is -0.159. The summed E-state index contributed by atoms with van der Waals surface area (Å²) in [5, 5.41) is 14.5. The minimum absolute atomic E-state index is 0.0506. The summed E-state index contributed by atoms with van der Waals surface area (Å²) < 4.78 is 25.8. The van der Waals surface area contributed by atoms with Gasteiger partial charge in [0.1, 0.15) is 24.1 Å². The van der Waals surface area contributed by atoms with Gasteiger partial charge < -0.3 is 29.4 Å². The molecule has 2 amide bonds. The van der Waals surface area contributed by atoms with Crippen molar-refractivity contribution in [1.82, 2.24) is 14.9 Å². The maximum Gasteiger partial charge on any atom is 0.351 e. The molecule has 3 heterocycles. The molecule has 2 unspecified atom stereocenters. The molecule has 5 atom stereocenters. The number of benzene rings is 2. The van der Waals surface area contributed by atoms with Crippen molar-refractivity contribution in [3.05, 3.63) is 94.0 Å². The number of anilines is 1. The molecular formula is C27H28N4O8. The molecule has 1 aromatic heterocycles. The van der Waals surface area contributed by atoms with Gasteiger partial charge in [-0.1, -0.05) is 48.5 Å². The molecule has 2 fully saturated rings. The van der Waals surface area contributed by atoms with Crippen LogP contribution in [0.25, 0.3) is 0 Å². The number of rotatable bonds is 9. The molecule has 12 nitrogen and oxygen atoms in total. The highest BCUT2D eigenvalue weighted by atomic mass is 16.8. The Morgan fingerprint density at radius 1 is 1.03 bits per heavy atom. The van der Waals surface area contributed by atoms with Crippen LogP contribution in [0.4, 0.5) is 10.6 Å². The molecule has 204 valence electrons. The summed E-state index contributed by atoms with van der Waals surface area (Å²) in [7, 11) is 0. The normalized spacial score (nSPS) is 23.8. The fourth-order valence-electron chi connectivity index (χ4n) is 4.60. The molecule has 0 spiro atoms. The van der Waals surface area contributed by atoms with Gasteiger partial charge in [0.15, 0.2) is 12.5 Å². The number of nitrogens with one attached hydrogen (secondary N) is 2. The van der Waals surface area contributed by atoms with Gasteiger partial charge in [-0.25, -0.2) is 14.4 Å². The Bertz CT molecular complexity index is 1380. The topological polar surface area (TPSA) is 150 Å². The molecule has 2 aliphatic heterocycles. The first kappa shape index (κ1) is 26.5. The zero-order chi connectivity index (χ0) is 27.4. The third-order valence-corrected chi connectivity index (χ3v) is 6.39. The van der Waals surface area contributed by atoms with Gasteiger partial charge in [0.25, 0.3) is 0 Å².